The molecule has 0 aliphatic heterocycles. The lowest BCUT2D eigenvalue weighted by Crippen LogP contribution is -2.30. The van der Waals surface area contributed by atoms with Crippen molar-refractivity contribution in [3.8, 4) is 0 Å². The quantitative estimate of drug-likeness (QED) is 0.133. The predicted octanol–water partition coefficient (Wildman–Crippen LogP) is 5.59. The van der Waals surface area contributed by atoms with Gasteiger partial charge in [-0.2, -0.15) is 0 Å². The number of aliphatic carboxylic acids is 1. The highest BCUT2D eigenvalue weighted by Crippen LogP contribution is 2.26. The monoisotopic (exact) mass is 563 g/mol. The van der Waals surface area contributed by atoms with Crippen LogP contribution >= 0.6 is 0 Å². The molecule has 5 aromatic rings. The fourth-order valence-electron chi connectivity index (χ4n) is 4.86. The molecule has 0 fully saturated rings. The second kappa shape index (κ2) is 12.8. The van der Waals surface area contributed by atoms with Crippen LogP contribution in [0.15, 0.2) is 103 Å². The first-order chi connectivity index (χ1) is 20.4. The average molecular weight is 564 g/mol. The number of benzene rings is 3. The van der Waals surface area contributed by atoms with Crippen molar-refractivity contribution in [1.82, 2.24) is 14.7 Å². The van der Waals surface area contributed by atoms with E-state index in [-0.39, 0.29) is 11.3 Å². The number of nitro groups is 1. The first-order valence-corrected chi connectivity index (χ1v) is 13.5. The number of pyridine rings is 1. The standard InChI is InChI=1S/C32H29N5O5/c38-29(39)20-28(24-13-7-14-25(19-24)37(41)42)35-32(40)26-15-8-18-36-30(26)34-27(17-16-22-9-3-1-4-10-22)31(36)33-21-23-11-5-2-6-12-23/h1-15,18-19,28,33H,16-17,20-21H2,(H,35,40)(H,38,39). The van der Waals surface area contributed by atoms with E-state index in [4.69, 9.17) is 4.98 Å². The summed E-state index contributed by atoms with van der Waals surface area (Å²) in [6.45, 7) is 0.552. The first kappa shape index (κ1) is 28.0. The van der Waals surface area contributed by atoms with Crippen molar-refractivity contribution in [3.63, 3.8) is 0 Å². The summed E-state index contributed by atoms with van der Waals surface area (Å²) in [7, 11) is 0. The third kappa shape index (κ3) is 6.61. The molecule has 0 saturated carbocycles. The van der Waals surface area contributed by atoms with Gasteiger partial charge in [0.2, 0.25) is 0 Å². The van der Waals surface area contributed by atoms with E-state index in [1.807, 2.05) is 59.1 Å². The largest absolute Gasteiger partial charge is 0.481 e. The molecule has 42 heavy (non-hydrogen) atoms. The molecule has 10 heteroatoms. The summed E-state index contributed by atoms with van der Waals surface area (Å²) in [4.78, 5) is 40.9. The minimum Gasteiger partial charge on any atom is -0.481 e. The number of imidazole rings is 1. The lowest BCUT2D eigenvalue weighted by molar-refractivity contribution is -0.384. The number of aromatic nitrogens is 2. The molecule has 0 radical (unpaired) electrons. The summed E-state index contributed by atoms with van der Waals surface area (Å²) in [5.74, 6) is -0.922. The number of fused-ring (bicyclic) bond motifs is 1. The predicted molar refractivity (Wildman–Crippen MR) is 158 cm³/mol. The Morgan fingerprint density at radius 3 is 2.31 bits per heavy atom. The van der Waals surface area contributed by atoms with E-state index in [1.165, 1.54) is 18.2 Å². The van der Waals surface area contributed by atoms with Gasteiger partial charge in [0.1, 0.15) is 5.82 Å². The summed E-state index contributed by atoms with van der Waals surface area (Å²) in [6.07, 6.45) is 2.75. The third-order valence-electron chi connectivity index (χ3n) is 6.93. The molecule has 10 nitrogen and oxygen atoms in total. The molecule has 1 unspecified atom stereocenters. The summed E-state index contributed by atoms with van der Waals surface area (Å²) in [5, 5.41) is 27.1. The number of aryl methyl sites for hydroxylation is 2. The number of amides is 1. The number of anilines is 1. The second-order valence-electron chi connectivity index (χ2n) is 9.82. The van der Waals surface area contributed by atoms with Crippen molar-refractivity contribution in [2.24, 2.45) is 0 Å². The van der Waals surface area contributed by atoms with Crippen LogP contribution in [0.5, 0.6) is 0 Å². The van der Waals surface area contributed by atoms with E-state index < -0.39 is 29.3 Å². The zero-order chi connectivity index (χ0) is 29.5. The summed E-state index contributed by atoms with van der Waals surface area (Å²) < 4.78 is 1.83. The van der Waals surface area contributed by atoms with Crippen LogP contribution in [-0.2, 0) is 24.2 Å². The summed E-state index contributed by atoms with van der Waals surface area (Å²) in [6, 6.07) is 28.0. The molecule has 2 aromatic heterocycles. The molecule has 0 bridgehead atoms. The van der Waals surface area contributed by atoms with Gasteiger partial charge in [0.05, 0.1) is 28.6 Å². The van der Waals surface area contributed by atoms with E-state index in [0.717, 1.165) is 29.1 Å². The zero-order valence-electron chi connectivity index (χ0n) is 22.6. The molecule has 212 valence electrons. The fraction of sp³-hybridized carbons (Fsp3) is 0.156. The Morgan fingerprint density at radius 2 is 1.62 bits per heavy atom. The topological polar surface area (TPSA) is 139 Å². The van der Waals surface area contributed by atoms with Crippen molar-refractivity contribution < 1.29 is 19.6 Å². The number of non-ortho nitro benzene ring substituents is 1. The molecule has 0 saturated heterocycles. The summed E-state index contributed by atoms with van der Waals surface area (Å²) >= 11 is 0. The molecule has 1 atom stereocenters. The average Bonchev–Trinajstić information content (AvgIpc) is 3.37. The van der Waals surface area contributed by atoms with Crippen LogP contribution in [0.4, 0.5) is 11.5 Å². The van der Waals surface area contributed by atoms with Gasteiger partial charge in [-0.05, 0) is 41.7 Å². The maximum atomic E-state index is 13.6. The van der Waals surface area contributed by atoms with Crippen LogP contribution in [0.2, 0.25) is 0 Å². The lowest BCUT2D eigenvalue weighted by Gasteiger charge is -2.18. The minimum atomic E-state index is -1.15. The van der Waals surface area contributed by atoms with Gasteiger partial charge in [0.25, 0.3) is 11.6 Å². The number of hydrogen-bond donors (Lipinski definition) is 3. The highest BCUT2D eigenvalue weighted by Gasteiger charge is 2.24. The Hall–Kier alpha value is -5.51. The highest BCUT2D eigenvalue weighted by molar-refractivity contribution is 6.00. The molecule has 0 spiro atoms. The van der Waals surface area contributed by atoms with Gasteiger partial charge in [0.15, 0.2) is 5.65 Å². The van der Waals surface area contributed by atoms with Crippen molar-refractivity contribution in [3.05, 3.63) is 141 Å². The maximum absolute atomic E-state index is 13.6. The van der Waals surface area contributed by atoms with Crippen LogP contribution < -0.4 is 10.6 Å². The van der Waals surface area contributed by atoms with Gasteiger partial charge >= 0.3 is 5.97 Å². The third-order valence-corrected chi connectivity index (χ3v) is 6.93. The SMILES string of the molecule is O=C(O)CC(NC(=O)c1cccn2c(NCc3ccccc3)c(CCc3ccccc3)nc12)c1cccc([N+](=O)[O-])c1. The minimum absolute atomic E-state index is 0.190. The van der Waals surface area contributed by atoms with Crippen LogP contribution in [0.3, 0.4) is 0 Å². The number of hydrogen-bond acceptors (Lipinski definition) is 6. The number of rotatable bonds is 12. The lowest BCUT2D eigenvalue weighted by atomic mass is 10.0. The number of carbonyl (C=O) groups is 2. The zero-order valence-corrected chi connectivity index (χ0v) is 22.6. The Balaban J connectivity index is 1.48. The van der Waals surface area contributed by atoms with Crippen LogP contribution in [-0.4, -0.2) is 31.3 Å². The normalized spacial score (nSPS) is 11.6. The van der Waals surface area contributed by atoms with Gasteiger partial charge in [-0.1, -0.05) is 72.8 Å². The molecule has 2 heterocycles. The smallest absolute Gasteiger partial charge is 0.305 e. The summed E-state index contributed by atoms with van der Waals surface area (Å²) in [5.41, 5.74) is 3.84. The van der Waals surface area contributed by atoms with E-state index in [9.17, 15) is 24.8 Å². The van der Waals surface area contributed by atoms with Crippen molar-refractivity contribution >= 4 is 29.0 Å². The second-order valence-corrected chi connectivity index (χ2v) is 9.82. The molecule has 0 aliphatic rings. The van der Waals surface area contributed by atoms with E-state index >= 15 is 0 Å². The molecule has 5 rings (SSSR count). The molecular weight excluding hydrogens is 534 g/mol. The molecule has 3 N–H and O–H groups in total. The Labute approximate surface area is 241 Å². The number of nitrogens with one attached hydrogen (secondary N) is 2. The van der Waals surface area contributed by atoms with Gasteiger partial charge in [-0.3, -0.25) is 24.1 Å². The highest BCUT2D eigenvalue weighted by atomic mass is 16.6. The number of carbonyl (C=O) groups excluding carboxylic acids is 1. The van der Waals surface area contributed by atoms with E-state index in [2.05, 4.69) is 22.8 Å². The molecule has 1 amide bonds. The first-order valence-electron chi connectivity index (χ1n) is 13.5. The van der Waals surface area contributed by atoms with Crippen LogP contribution in [0.1, 0.15) is 45.2 Å². The van der Waals surface area contributed by atoms with Crippen molar-refractivity contribution in [2.45, 2.75) is 31.8 Å². The fourth-order valence-corrected chi connectivity index (χ4v) is 4.86. The Bertz CT molecular complexity index is 1720. The maximum Gasteiger partial charge on any atom is 0.305 e. The Kier molecular flexibility index (Phi) is 8.53. The Morgan fingerprint density at radius 1 is 0.905 bits per heavy atom. The van der Waals surface area contributed by atoms with Crippen molar-refractivity contribution in [2.75, 3.05) is 5.32 Å². The van der Waals surface area contributed by atoms with E-state index in [0.29, 0.717) is 24.2 Å². The van der Waals surface area contributed by atoms with Crippen molar-refractivity contribution in [1.29, 1.82) is 0 Å². The van der Waals surface area contributed by atoms with Crippen LogP contribution in [0, 0.1) is 10.1 Å². The molecule has 0 aliphatic carbocycles. The van der Waals surface area contributed by atoms with E-state index in [1.54, 1.807) is 18.2 Å². The van der Waals surface area contributed by atoms with Gasteiger partial charge in [-0.15, -0.1) is 0 Å². The van der Waals surface area contributed by atoms with Gasteiger partial charge in [-0.25, -0.2) is 4.98 Å². The number of carboxylic acid groups (broad SMARTS) is 1. The van der Waals surface area contributed by atoms with Crippen LogP contribution in [0.25, 0.3) is 5.65 Å². The number of carboxylic acids is 1. The number of nitrogens with zero attached hydrogens (tertiary/aromatic N) is 3. The van der Waals surface area contributed by atoms with Gasteiger partial charge < -0.3 is 15.7 Å². The van der Waals surface area contributed by atoms with Gasteiger partial charge in [0, 0.05) is 24.9 Å². The number of nitro benzene ring substituents is 1. The molecular formula is C32H29N5O5. The molecule has 3 aromatic carbocycles.